The predicted octanol–water partition coefficient (Wildman–Crippen LogP) is 2.09. The fourth-order valence-electron chi connectivity index (χ4n) is 2.32. The lowest BCUT2D eigenvalue weighted by molar-refractivity contribution is 0.0904. The molecule has 1 aliphatic heterocycles. The van der Waals surface area contributed by atoms with Gasteiger partial charge in [-0.1, -0.05) is 18.2 Å². The monoisotopic (exact) mass is 254 g/mol. The first-order valence-corrected chi connectivity index (χ1v) is 6.38. The van der Waals surface area contributed by atoms with Crippen molar-refractivity contribution in [3.8, 4) is 6.07 Å². The normalized spacial score (nSPS) is 16.2. The minimum Gasteiger partial charge on any atom is -0.381 e. The first-order valence-electron chi connectivity index (χ1n) is 6.38. The third-order valence-electron chi connectivity index (χ3n) is 3.34. The number of nitrogens with one attached hydrogen (secondary N) is 1. The summed E-state index contributed by atoms with van der Waals surface area (Å²) in [5.41, 5.74) is 1.95. The summed E-state index contributed by atoms with van der Waals surface area (Å²) < 4.78 is 5.35. The Kier molecular flexibility index (Phi) is 3.25. The van der Waals surface area contributed by atoms with E-state index in [9.17, 15) is 5.26 Å². The summed E-state index contributed by atoms with van der Waals surface area (Å²) in [4.78, 5) is 0. The van der Waals surface area contributed by atoms with Crippen LogP contribution in [0.1, 0.15) is 18.5 Å². The smallest absolute Gasteiger partial charge is 0.186 e. The van der Waals surface area contributed by atoms with Crippen molar-refractivity contribution in [1.82, 2.24) is 10.2 Å². The van der Waals surface area contributed by atoms with Crippen molar-refractivity contribution in [3.05, 3.63) is 30.0 Å². The van der Waals surface area contributed by atoms with Gasteiger partial charge in [-0.3, -0.25) is 0 Å². The molecule has 0 amide bonds. The third-order valence-corrected chi connectivity index (χ3v) is 3.34. The molecule has 1 fully saturated rings. The highest BCUT2D eigenvalue weighted by atomic mass is 16.5. The van der Waals surface area contributed by atoms with Crippen molar-refractivity contribution in [2.24, 2.45) is 0 Å². The van der Waals surface area contributed by atoms with E-state index in [1.54, 1.807) is 0 Å². The summed E-state index contributed by atoms with van der Waals surface area (Å²) in [5.74, 6) is 0. The fraction of sp³-hybridized carbons (Fsp3) is 0.357. The van der Waals surface area contributed by atoms with E-state index >= 15 is 0 Å². The van der Waals surface area contributed by atoms with E-state index < -0.39 is 0 Å². The van der Waals surface area contributed by atoms with Crippen LogP contribution >= 0.6 is 0 Å². The molecule has 3 rings (SSSR count). The quantitative estimate of drug-likeness (QED) is 0.888. The maximum Gasteiger partial charge on any atom is 0.186 e. The number of anilines is 1. The van der Waals surface area contributed by atoms with Crippen LogP contribution < -0.4 is 5.32 Å². The molecule has 5 nitrogen and oxygen atoms in total. The van der Waals surface area contributed by atoms with Crippen LogP contribution in [0.5, 0.6) is 0 Å². The number of hydrogen-bond acceptors (Lipinski definition) is 5. The largest absolute Gasteiger partial charge is 0.381 e. The molecule has 2 aromatic rings. The first-order chi connectivity index (χ1) is 9.38. The number of ether oxygens (including phenoxy) is 1. The number of rotatable bonds is 2. The van der Waals surface area contributed by atoms with Gasteiger partial charge in [0, 0.05) is 24.6 Å². The number of benzene rings is 1. The Morgan fingerprint density at radius 2 is 2.00 bits per heavy atom. The van der Waals surface area contributed by atoms with Gasteiger partial charge in [0.1, 0.15) is 6.07 Å². The topological polar surface area (TPSA) is 70.8 Å². The number of hydrogen-bond donors (Lipinski definition) is 1. The van der Waals surface area contributed by atoms with Crippen LogP contribution in [-0.4, -0.2) is 29.5 Å². The minimum atomic E-state index is 0.327. The zero-order chi connectivity index (χ0) is 13.1. The standard InChI is InChI=1S/C14H14N4O/c15-9-13-14(16-10-5-7-19-8-6-10)11-3-1-2-4-12(11)17-18-13/h1-4,10H,5-8H2,(H,16,17). The molecule has 1 aliphatic rings. The summed E-state index contributed by atoms with van der Waals surface area (Å²) in [6, 6.07) is 10.2. The average molecular weight is 254 g/mol. The van der Waals surface area contributed by atoms with E-state index in [1.165, 1.54) is 0 Å². The van der Waals surface area contributed by atoms with Gasteiger partial charge in [-0.25, -0.2) is 0 Å². The Morgan fingerprint density at radius 3 is 2.79 bits per heavy atom. The van der Waals surface area contributed by atoms with Crippen LogP contribution in [0.25, 0.3) is 10.9 Å². The average Bonchev–Trinajstić information content (AvgIpc) is 2.49. The van der Waals surface area contributed by atoms with Crippen LogP contribution in [0.4, 0.5) is 5.69 Å². The Morgan fingerprint density at radius 1 is 1.21 bits per heavy atom. The number of nitriles is 1. The molecule has 0 atom stereocenters. The molecular formula is C14H14N4O. The van der Waals surface area contributed by atoms with E-state index in [-0.39, 0.29) is 0 Å². The molecule has 5 heteroatoms. The van der Waals surface area contributed by atoms with Gasteiger partial charge in [-0.2, -0.15) is 5.26 Å². The van der Waals surface area contributed by atoms with E-state index in [2.05, 4.69) is 21.6 Å². The molecule has 0 spiro atoms. The highest BCUT2D eigenvalue weighted by Crippen LogP contribution is 2.26. The minimum absolute atomic E-state index is 0.327. The lowest BCUT2D eigenvalue weighted by Crippen LogP contribution is -2.28. The van der Waals surface area contributed by atoms with Gasteiger partial charge in [0.2, 0.25) is 0 Å². The number of nitrogens with zero attached hydrogens (tertiary/aromatic N) is 3. The Balaban J connectivity index is 2.02. The summed E-state index contributed by atoms with van der Waals surface area (Å²) in [5, 5.41) is 21.6. The number of fused-ring (bicyclic) bond motifs is 1. The number of aromatic nitrogens is 2. The predicted molar refractivity (Wildman–Crippen MR) is 71.7 cm³/mol. The molecule has 19 heavy (non-hydrogen) atoms. The van der Waals surface area contributed by atoms with Crippen molar-refractivity contribution in [2.45, 2.75) is 18.9 Å². The van der Waals surface area contributed by atoms with E-state index in [1.807, 2.05) is 24.3 Å². The van der Waals surface area contributed by atoms with Crippen LogP contribution in [0, 0.1) is 11.3 Å². The molecule has 2 heterocycles. The van der Waals surface area contributed by atoms with Crippen molar-refractivity contribution >= 4 is 16.6 Å². The van der Waals surface area contributed by atoms with Crippen molar-refractivity contribution in [2.75, 3.05) is 18.5 Å². The van der Waals surface area contributed by atoms with Crippen LogP contribution in [0.3, 0.4) is 0 Å². The molecule has 1 aromatic heterocycles. The Hall–Kier alpha value is -2.19. The molecule has 96 valence electrons. The van der Waals surface area contributed by atoms with Crippen molar-refractivity contribution in [1.29, 1.82) is 5.26 Å². The van der Waals surface area contributed by atoms with Gasteiger partial charge >= 0.3 is 0 Å². The lowest BCUT2D eigenvalue weighted by Gasteiger charge is -2.24. The molecule has 0 bridgehead atoms. The van der Waals surface area contributed by atoms with E-state index in [0.29, 0.717) is 11.7 Å². The Labute approximate surface area is 111 Å². The SMILES string of the molecule is N#Cc1nnc2ccccc2c1NC1CCOCC1. The zero-order valence-electron chi connectivity index (χ0n) is 10.5. The summed E-state index contributed by atoms with van der Waals surface area (Å²) >= 11 is 0. The van der Waals surface area contributed by atoms with Gasteiger partial charge in [0.05, 0.1) is 11.2 Å². The maximum atomic E-state index is 9.19. The second kappa shape index (κ2) is 5.21. The fourth-order valence-corrected chi connectivity index (χ4v) is 2.32. The highest BCUT2D eigenvalue weighted by Gasteiger charge is 2.17. The summed E-state index contributed by atoms with van der Waals surface area (Å²) in [7, 11) is 0. The second-order valence-corrected chi connectivity index (χ2v) is 4.58. The van der Waals surface area contributed by atoms with Crippen LogP contribution in [0.15, 0.2) is 24.3 Å². The summed E-state index contributed by atoms with van der Waals surface area (Å²) in [6.07, 6.45) is 1.89. The van der Waals surface area contributed by atoms with E-state index in [0.717, 1.165) is 42.6 Å². The molecule has 1 N–H and O–H groups in total. The Bertz CT molecular complexity index is 629. The molecule has 0 saturated carbocycles. The van der Waals surface area contributed by atoms with Gasteiger partial charge in [-0.05, 0) is 18.9 Å². The molecule has 1 saturated heterocycles. The highest BCUT2D eigenvalue weighted by molar-refractivity contribution is 5.92. The van der Waals surface area contributed by atoms with E-state index in [4.69, 9.17) is 4.74 Å². The first kappa shape index (κ1) is 11.9. The second-order valence-electron chi connectivity index (χ2n) is 4.58. The molecule has 0 radical (unpaired) electrons. The van der Waals surface area contributed by atoms with Crippen molar-refractivity contribution < 1.29 is 4.74 Å². The molecule has 1 aromatic carbocycles. The third kappa shape index (κ3) is 2.35. The van der Waals surface area contributed by atoms with Gasteiger partial charge in [0.25, 0.3) is 0 Å². The van der Waals surface area contributed by atoms with Gasteiger partial charge in [-0.15, -0.1) is 10.2 Å². The van der Waals surface area contributed by atoms with Gasteiger partial charge in [0.15, 0.2) is 5.69 Å². The summed E-state index contributed by atoms with van der Waals surface area (Å²) in [6.45, 7) is 1.52. The van der Waals surface area contributed by atoms with Crippen molar-refractivity contribution in [3.63, 3.8) is 0 Å². The van der Waals surface area contributed by atoms with Gasteiger partial charge < -0.3 is 10.1 Å². The van der Waals surface area contributed by atoms with Crippen LogP contribution in [0.2, 0.25) is 0 Å². The lowest BCUT2D eigenvalue weighted by atomic mass is 10.1. The molecule has 0 aliphatic carbocycles. The molecular weight excluding hydrogens is 240 g/mol. The zero-order valence-corrected chi connectivity index (χ0v) is 10.5. The maximum absolute atomic E-state index is 9.19. The molecule has 0 unspecified atom stereocenters. The van der Waals surface area contributed by atoms with Crippen LogP contribution in [-0.2, 0) is 4.74 Å².